The van der Waals surface area contributed by atoms with Crippen LogP contribution in [-0.4, -0.2) is 11.9 Å². The van der Waals surface area contributed by atoms with E-state index >= 15 is 0 Å². The highest BCUT2D eigenvalue weighted by atomic mass is 79.9. The molecular weight excluding hydrogens is 326 g/mol. The molecule has 2 fully saturated rings. The number of benzene rings is 1. The number of aryl methyl sites for hydroxylation is 1. The molecule has 114 valence electrons. The van der Waals surface area contributed by atoms with Gasteiger partial charge in [0.05, 0.1) is 5.56 Å². The highest BCUT2D eigenvalue weighted by Crippen LogP contribution is 2.65. The first kappa shape index (κ1) is 15.1. The summed E-state index contributed by atoms with van der Waals surface area (Å²) >= 11 is 3.50. The number of fused-ring (bicyclic) bond motifs is 2. The van der Waals surface area contributed by atoms with Gasteiger partial charge >= 0.3 is 0 Å². The van der Waals surface area contributed by atoms with Crippen molar-refractivity contribution in [3.8, 4) is 0 Å². The van der Waals surface area contributed by atoms with Gasteiger partial charge in [0.1, 0.15) is 0 Å². The van der Waals surface area contributed by atoms with E-state index in [0.717, 1.165) is 27.9 Å². The molecule has 3 heteroatoms. The van der Waals surface area contributed by atoms with E-state index in [9.17, 15) is 4.79 Å². The van der Waals surface area contributed by atoms with Gasteiger partial charge in [-0.05, 0) is 71.0 Å². The van der Waals surface area contributed by atoms with Gasteiger partial charge in [-0.1, -0.05) is 32.4 Å². The van der Waals surface area contributed by atoms with Gasteiger partial charge in [0.25, 0.3) is 5.91 Å². The zero-order valence-electron chi connectivity index (χ0n) is 13.3. The largest absolute Gasteiger partial charge is 0.349 e. The average Bonchev–Trinajstić information content (AvgIpc) is 2.74. The predicted octanol–water partition coefficient (Wildman–Crippen LogP) is 4.70. The summed E-state index contributed by atoms with van der Waals surface area (Å²) in [5, 5.41) is 3.32. The Morgan fingerprint density at radius 2 is 2.05 bits per heavy atom. The summed E-state index contributed by atoms with van der Waals surface area (Å²) in [6.07, 6.45) is 3.66. The Bertz CT molecular complexity index is 595. The highest BCUT2D eigenvalue weighted by Gasteiger charge is 2.61. The summed E-state index contributed by atoms with van der Waals surface area (Å²) in [7, 11) is 0. The number of halogens is 1. The van der Waals surface area contributed by atoms with Crippen molar-refractivity contribution in [3.63, 3.8) is 0 Å². The van der Waals surface area contributed by atoms with E-state index in [4.69, 9.17) is 0 Å². The van der Waals surface area contributed by atoms with E-state index in [1.165, 1.54) is 12.8 Å². The van der Waals surface area contributed by atoms with E-state index in [-0.39, 0.29) is 11.3 Å². The van der Waals surface area contributed by atoms with Crippen molar-refractivity contribution in [2.24, 2.45) is 16.7 Å². The van der Waals surface area contributed by atoms with Crippen LogP contribution in [-0.2, 0) is 0 Å². The zero-order chi connectivity index (χ0) is 15.4. The van der Waals surface area contributed by atoms with Crippen LogP contribution >= 0.6 is 15.9 Å². The second-order valence-electron chi connectivity index (χ2n) is 7.62. The molecule has 2 aliphatic rings. The third-order valence-electron chi connectivity index (χ3n) is 6.47. The number of carbonyl (C=O) groups is 1. The smallest absolute Gasteiger partial charge is 0.252 e. The van der Waals surface area contributed by atoms with Gasteiger partial charge in [-0.2, -0.15) is 0 Å². The first-order valence-electron chi connectivity index (χ1n) is 7.83. The summed E-state index contributed by atoms with van der Waals surface area (Å²) in [6, 6.07) is 6.23. The van der Waals surface area contributed by atoms with Crippen LogP contribution in [0.1, 0.15) is 56.0 Å². The Kier molecular flexibility index (Phi) is 3.47. The molecule has 2 bridgehead atoms. The third kappa shape index (κ3) is 2.16. The monoisotopic (exact) mass is 349 g/mol. The van der Waals surface area contributed by atoms with Crippen LogP contribution in [0.5, 0.6) is 0 Å². The lowest BCUT2D eigenvalue weighted by Gasteiger charge is -2.39. The fourth-order valence-corrected chi connectivity index (χ4v) is 4.90. The lowest BCUT2D eigenvalue weighted by atomic mass is 9.69. The molecule has 3 unspecified atom stereocenters. The first-order chi connectivity index (χ1) is 9.75. The topological polar surface area (TPSA) is 29.1 Å². The molecule has 2 nitrogen and oxygen atoms in total. The maximum absolute atomic E-state index is 12.7. The number of carbonyl (C=O) groups excluding carboxylic acids is 1. The van der Waals surface area contributed by atoms with Crippen LogP contribution < -0.4 is 5.32 Å². The molecule has 1 aromatic carbocycles. The summed E-state index contributed by atoms with van der Waals surface area (Å²) in [4.78, 5) is 12.7. The van der Waals surface area contributed by atoms with Gasteiger partial charge in [-0.15, -0.1) is 0 Å². The van der Waals surface area contributed by atoms with Gasteiger partial charge in [-0.25, -0.2) is 0 Å². The maximum atomic E-state index is 12.7. The predicted molar refractivity (Wildman–Crippen MR) is 89.4 cm³/mol. The number of nitrogens with one attached hydrogen (secondary N) is 1. The molecule has 0 aliphatic heterocycles. The molecule has 0 radical (unpaired) electrons. The van der Waals surface area contributed by atoms with Crippen molar-refractivity contribution in [2.45, 2.75) is 53.0 Å². The molecule has 21 heavy (non-hydrogen) atoms. The minimum absolute atomic E-state index is 0.0557. The second kappa shape index (κ2) is 4.84. The third-order valence-corrected chi connectivity index (χ3v) is 7.16. The Hall–Kier alpha value is -0.830. The molecule has 2 aliphatic carbocycles. The fourth-order valence-electron chi connectivity index (χ4n) is 4.47. The quantitative estimate of drug-likeness (QED) is 0.823. The molecule has 0 aromatic heterocycles. The van der Waals surface area contributed by atoms with E-state index < -0.39 is 0 Å². The van der Waals surface area contributed by atoms with E-state index in [1.54, 1.807) is 0 Å². The second-order valence-corrected chi connectivity index (χ2v) is 8.47. The van der Waals surface area contributed by atoms with E-state index in [1.807, 2.05) is 25.1 Å². The maximum Gasteiger partial charge on any atom is 0.252 e. The molecular formula is C18H24BrNO. The molecule has 1 aromatic rings. The highest BCUT2D eigenvalue weighted by molar-refractivity contribution is 9.10. The molecule has 1 N–H and O–H groups in total. The molecule has 0 spiro atoms. The van der Waals surface area contributed by atoms with Crippen molar-refractivity contribution < 1.29 is 4.79 Å². The normalized spacial score (nSPS) is 33.2. The number of rotatable bonds is 2. The van der Waals surface area contributed by atoms with Crippen LogP contribution in [0.25, 0.3) is 0 Å². The van der Waals surface area contributed by atoms with Gasteiger partial charge < -0.3 is 5.32 Å². The first-order valence-corrected chi connectivity index (χ1v) is 8.62. The SMILES string of the molecule is Cc1ccc(Br)c(C(=O)NC2CC3CCC2(C)C3(C)C)c1. The Balaban J connectivity index is 1.82. The Morgan fingerprint density at radius 3 is 2.62 bits per heavy atom. The van der Waals surface area contributed by atoms with Crippen LogP contribution in [0.4, 0.5) is 0 Å². The number of hydrogen-bond acceptors (Lipinski definition) is 1. The van der Waals surface area contributed by atoms with Crippen molar-refractivity contribution in [1.82, 2.24) is 5.32 Å². The summed E-state index contributed by atoms with van der Waals surface area (Å²) < 4.78 is 0.873. The molecule has 1 amide bonds. The Labute approximate surface area is 135 Å². The van der Waals surface area contributed by atoms with Crippen molar-refractivity contribution in [2.75, 3.05) is 0 Å². The van der Waals surface area contributed by atoms with Gasteiger partial charge in [-0.3, -0.25) is 4.79 Å². The number of amides is 1. The van der Waals surface area contributed by atoms with Crippen molar-refractivity contribution in [3.05, 3.63) is 33.8 Å². The van der Waals surface area contributed by atoms with Crippen LogP contribution in [0, 0.1) is 23.7 Å². The van der Waals surface area contributed by atoms with E-state index in [2.05, 4.69) is 42.0 Å². The molecule has 0 saturated heterocycles. The molecule has 3 atom stereocenters. The number of hydrogen-bond donors (Lipinski definition) is 1. The summed E-state index contributed by atoms with van der Waals surface area (Å²) in [6.45, 7) is 9.13. The fraction of sp³-hybridized carbons (Fsp3) is 0.611. The summed E-state index contributed by atoms with van der Waals surface area (Å²) in [5.41, 5.74) is 2.42. The van der Waals surface area contributed by atoms with E-state index in [0.29, 0.717) is 11.5 Å². The standard InChI is InChI=1S/C18H24BrNO/c1-11-5-6-14(19)13(9-11)16(21)20-15-10-12-7-8-18(15,4)17(12,2)3/h5-6,9,12,15H,7-8,10H2,1-4H3,(H,20,21). The summed E-state index contributed by atoms with van der Waals surface area (Å²) in [5.74, 6) is 0.800. The average molecular weight is 350 g/mol. The minimum atomic E-state index is 0.0557. The Morgan fingerprint density at radius 1 is 1.33 bits per heavy atom. The lowest BCUT2D eigenvalue weighted by Crippen LogP contribution is -2.46. The van der Waals surface area contributed by atoms with Gasteiger partial charge in [0.15, 0.2) is 0 Å². The molecule has 0 heterocycles. The lowest BCUT2D eigenvalue weighted by molar-refractivity contribution is 0.0825. The van der Waals surface area contributed by atoms with Crippen molar-refractivity contribution >= 4 is 21.8 Å². The minimum Gasteiger partial charge on any atom is -0.349 e. The van der Waals surface area contributed by atoms with Gasteiger partial charge in [0.2, 0.25) is 0 Å². The van der Waals surface area contributed by atoms with Crippen molar-refractivity contribution in [1.29, 1.82) is 0 Å². The van der Waals surface area contributed by atoms with Crippen LogP contribution in [0.3, 0.4) is 0 Å². The van der Waals surface area contributed by atoms with Gasteiger partial charge in [0, 0.05) is 10.5 Å². The zero-order valence-corrected chi connectivity index (χ0v) is 14.9. The van der Waals surface area contributed by atoms with Crippen LogP contribution in [0.2, 0.25) is 0 Å². The molecule has 3 rings (SSSR count). The van der Waals surface area contributed by atoms with Crippen LogP contribution in [0.15, 0.2) is 22.7 Å². The molecule has 2 saturated carbocycles.